The van der Waals surface area contributed by atoms with E-state index >= 15 is 0 Å². The maximum atomic E-state index is 13.1. The van der Waals surface area contributed by atoms with Crippen LogP contribution in [0.4, 0.5) is 4.39 Å². The largest absolute Gasteiger partial charge is 0.379 e. The average molecular weight is 464 g/mol. The van der Waals surface area contributed by atoms with Crippen LogP contribution in [0, 0.1) is 5.82 Å². The molecule has 0 bridgehead atoms. The van der Waals surface area contributed by atoms with Crippen molar-refractivity contribution < 1.29 is 9.13 Å². The van der Waals surface area contributed by atoms with Crippen molar-refractivity contribution in [1.82, 2.24) is 15.5 Å². The van der Waals surface area contributed by atoms with E-state index in [-0.39, 0.29) is 35.2 Å². The van der Waals surface area contributed by atoms with Crippen molar-refractivity contribution in [3.8, 4) is 0 Å². The number of hydrogen-bond donors (Lipinski definition) is 2. The molecule has 1 aliphatic rings. The number of hydrogen-bond acceptors (Lipinski definition) is 3. The lowest BCUT2D eigenvalue weighted by atomic mass is 9.84. The molecule has 2 N–H and O–H groups in total. The lowest BCUT2D eigenvalue weighted by molar-refractivity contribution is 0.0389. The molecule has 1 aromatic carbocycles. The van der Waals surface area contributed by atoms with Gasteiger partial charge in [0.1, 0.15) is 5.82 Å². The Bertz CT molecular complexity index is 530. The summed E-state index contributed by atoms with van der Waals surface area (Å²) < 4.78 is 18.4. The van der Waals surface area contributed by atoms with Crippen LogP contribution in [-0.4, -0.2) is 63.8 Å². The van der Waals surface area contributed by atoms with Crippen LogP contribution in [0.5, 0.6) is 0 Å². The zero-order valence-corrected chi connectivity index (χ0v) is 17.7. The molecule has 0 aromatic heterocycles. The minimum Gasteiger partial charge on any atom is -0.379 e. The van der Waals surface area contributed by atoms with Crippen molar-refractivity contribution in [3.05, 3.63) is 35.6 Å². The highest BCUT2D eigenvalue weighted by Gasteiger charge is 2.21. The van der Waals surface area contributed by atoms with E-state index in [1.54, 1.807) is 7.05 Å². The van der Waals surface area contributed by atoms with E-state index in [9.17, 15) is 4.39 Å². The van der Waals surface area contributed by atoms with Crippen LogP contribution in [0.3, 0.4) is 0 Å². The van der Waals surface area contributed by atoms with Crippen LogP contribution in [-0.2, 0) is 10.2 Å². The lowest BCUT2D eigenvalue weighted by Crippen LogP contribution is -2.46. The topological polar surface area (TPSA) is 48.9 Å². The van der Waals surface area contributed by atoms with Gasteiger partial charge in [0.25, 0.3) is 0 Å². The van der Waals surface area contributed by atoms with Crippen LogP contribution in [0.25, 0.3) is 0 Å². The summed E-state index contributed by atoms with van der Waals surface area (Å²) in [4.78, 5) is 6.65. The summed E-state index contributed by atoms with van der Waals surface area (Å²) in [7, 11) is 1.77. The standard InChI is InChI=1S/C18H29FN4O.HI/c1-18(2,15-4-6-16(19)7-5-15)14-22-17(20-3)21-8-9-23-10-12-24-13-11-23;/h4-7H,8-14H2,1-3H3,(H2,20,21,22);1H. The number of nitrogens with one attached hydrogen (secondary N) is 2. The quantitative estimate of drug-likeness (QED) is 0.385. The monoisotopic (exact) mass is 464 g/mol. The number of ether oxygens (including phenoxy) is 1. The Labute approximate surface area is 167 Å². The van der Waals surface area contributed by atoms with Gasteiger partial charge in [-0.05, 0) is 17.7 Å². The number of morpholine rings is 1. The van der Waals surface area contributed by atoms with E-state index < -0.39 is 0 Å². The summed E-state index contributed by atoms with van der Waals surface area (Å²) in [5.74, 6) is 0.585. The Balaban J connectivity index is 0.00000312. The summed E-state index contributed by atoms with van der Waals surface area (Å²) in [5.41, 5.74) is 0.982. The number of aliphatic imine (C=N–C) groups is 1. The average Bonchev–Trinajstić information content (AvgIpc) is 2.59. The van der Waals surface area contributed by atoms with E-state index in [0.29, 0.717) is 0 Å². The van der Waals surface area contributed by atoms with Gasteiger partial charge in [0.05, 0.1) is 13.2 Å². The zero-order valence-electron chi connectivity index (χ0n) is 15.3. The molecular weight excluding hydrogens is 434 g/mol. The van der Waals surface area contributed by atoms with Gasteiger partial charge < -0.3 is 15.4 Å². The van der Waals surface area contributed by atoms with Crippen molar-refractivity contribution in [1.29, 1.82) is 0 Å². The zero-order chi connectivity index (χ0) is 17.4. The number of halogens is 2. The van der Waals surface area contributed by atoms with Gasteiger partial charge in [0, 0.05) is 45.2 Å². The maximum Gasteiger partial charge on any atom is 0.191 e. The van der Waals surface area contributed by atoms with Crippen LogP contribution < -0.4 is 10.6 Å². The smallest absolute Gasteiger partial charge is 0.191 e. The molecular formula is C18H30FIN4O. The molecule has 1 aromatic rings. The highest BCUT2D eigenvalue weighted by Crippen LogP contribution is 2.22. The van der Waals surface area contributed by atoms with Crippen molar-refractivity contribution in [3.63, 3.8) is 0 Å². The Morgan fingerprint density at radius 2 is 1.84 bits per heavy atom. The third-order valence-corrected chi connectivity index (χ3v) is 4.37. The van der Waals surface area contributed by atoms with Crippen molar-refractivity contribution in [2.45, 2.75) is 19.3 Å². The van der Waals surface area contributed by atoms with Gasteiger partial charge in [0.15, 0.2) is 5.96 Å². The number of nitrogens with zero attached hydrogens (tertiary/aromatic N) is 2. The third kappa shape index (κ3) is 7.45. The minimum absolute atomic E-state index is 0. The predicted molar refractivity (Wildman–Crippen MR) is 111 cm³/mol. The second-order valence-corrected chi connectivity index (χ2v) is 6.70. The SMILES string of the molecule is CN=C(NCCN1CCOCC1)NCC(C)(C)c1ccc(F)cc1.I. The molecule has 2 rings (SSSR count). The summed E-state index contributed by atoms with van der Waals surface area (Å²) in [6.07, 6.45) is 0. The number of benzene rings is 1. The summed E-state index contributed by atoms with van der Waals surface area (Å²) in [6, 6.07) is 6.69. The van der Waals surface area contributed by atoms with E-state index in [4.69, 9.17) is 4.74 Å². The van der Waals surface area contributed by atoms with E-state index in [0.717, 1.165) is 57.5 Å². The third-order valence-electron chi connectivity index (χ3n) is 4.37. The predicted octanol–water partition coefficient (Wildman–Crippen LogP) is 2.22. The summed E-state index contributed by atoms with van der Waals surface area (Å²) >= 11 is 0. The molecule has 25 heavy (non-hydrogen) atoms. The normalized spacial score (nSPS) is 16.2. The first kappa shape index (κ1) is 22.1. The van der Waals surface area contributed by atoms with Crippen LogP contribution in [0.15, 0.2) is 29.3 Å². The molecule has 7 heteroatoms. The molecule has 0 radical (unpaired) electrons. The second-order valence-electron chi connectivity index (χ2n) is 6.70. The Morgan fingerprint density at radius 3 is 2.44 bits per heavy atom. The Kier molecular flexibility index (Phi) is 9.66. The van der Waals surface area contributed by atoms with E-state index in [1.165, 1.54) is 12.1 Å². The number of rotatable bonds is 6. The van der Waals surface area contributed by atoms with Crippen molar-refractivity contribution >= 4 is 29.9 Å². The number of guanidine groups is 1. The van der Waals surface area contributed by atoms with Gasteiger partial charge >= 0.3 is 0 Å². The Morgan fingerprint density at radius 1 is 1.20 bits per heavy atom. The summed E-state index contributed by atoms with van der Waals surface area (Å²) in [6.45, 7) is 10.4. The fourth-order valence-corrected chi connectivity index (χ4v) is 2.69. The maximum absolute atomic E-state index is 13.1. The molecule has 0 unspecified atom stereocenters. The van der Waals surface area contributed by atoms with E-state index in [1.807, 2.05) is 12.1 Å². The molecule has 1 saturated heterocycles. The fraction of sp³-hybridized carbons (Fsp3) is 0.611. The second kappa shape index (κ2) is 10.9. The van der Waals surface area contributed by atoms with Crippen LogP contribution in [0.1, 0.15) is 19.4 Å². The molecule has 0 saturated carbocycles. The highest BCUT2D eigenvalue weighted by atomic mass is 127. The van der Waals surface area contributed by atoms with Crippen LogP contribution >= 0.6 is 24.0 Å². The first-order valence-electron chi connectivity index (χ1n) is 8.52. The molecule has 1 fully saturated rings. The van der Waals surface area contributed by atoms with Gasteiger partial charge in [-0.15, -0.1) is 24.0 Å². The fourth-order valence-electron chi connectivity index (χ4n) is 2.69. The summed E-state index contributed by atoms with van der Waals surface area (Å²) in [5, 5.41) is 6.71. The van der Waals surface area contributed by atoms with Gasteiger partial charge in [0.2, 0.25) is 0 Å². The van der Waals surface area contributed by atoms with Gasteiger partial charge in [-0.25, -0.2) is 4.39 Å². The van der Waals surface area contributed by atoms with Crippen molar-refractivity contribution in [2.24, 2.45) is 4.99 Å². The van der Waals surface area contributed by atoms with Crippen LogP contribution in [0.2, 0.25) is 0 Å². The molecule has 0 spiro atoms. The molecule has 1 heterocycles. The minimum atomic E-state index is -0.205. The molecule has 0 aliphatic carbocycles. The van der Waals surface area contributed by atoms with Gasteiger partial charge in [-0.3, -0.25) is 9.89 Å². The molecule has 1 aliphatic heterocycles. The molecule has 0 amide bonds. The first-order valence-corrected chi connectivity index (χ1v) is 8.52. The molecule has 5 nitrogen and oxygen atoms in total. The lowest BCUT2D eigenvalue weighted by Gasteiger charge is -2.28. The van der Waals surface area contributed by atoms with E-state index in [2.05, 4.69) is 34.4 Å². The highest BCUT2D eigenvalue weighted by molar-refractivity contribution is 14.0. The van der Waals surface area contributed by atoms with Crippen molar-refractivity contribution in [2.75, 3.05) is 53.0 Å². The molecule has 142 valence electrons. The first-order chi connectivity index (χ1) is 11.5. The molecule has 0 atom stereocenters. The van der Waals surface area contributed by atoms with Gasteiger partial charge in [-0.2, -0.15) is 0 Å². The van der Waals surface area contributed by atoms with Gasteiger partial charge in [-0.1, -0.05) is 26.0 Å². The Hall–Kier alpha value is -0.930.